The number of nitrogens with one attached hydrogen (secondary N) is 1. The highest BCUT2D eigenvalue weighted by Crippen LogP contribution is 2.10. The van der Waals surface area contributed by atoms with E-state index in [1.54, 1.807) is 0 Å². The molecule has 2 rings (SSSR count). The van der Waals surface area contributed by atoms with Crippen LogP contribution >= 0.6 is 15.9 Å². The van der Waals surface area contributed by atoms with E-state index in [0.717, 1.165) is 22.0 Å². The van der Waals surface area contributed by atoms with E-state index in [-0.39, 0.29) is 5.75 Å². The van der Waals surface area contributed by atoms with Crippen molar-refractivity contribution in [1.82, 2.24) is 4.72 Å². The average molecular weight is 354 g/mol. The Kier molecular flexibility index (Phi) is 5.34. The van der Waals surface area contributed by atoms with E-state index in [4.69, 9.17) is 0 Å². The van der Waals surface area contributed by atoms with E-state index < -0.39 is 10.0 Å². The van der Waals surface area contributed by atoms with E-state index in [2.05, 4.69) is 20.7 Å². The highest BCUT2D eigenvalue weighted by atomic mass is 79.9. The van der Waals surface area contributed by atoms with Gasteiger partial charge in [-0.25, -0.2) is 13.1 Å². The largest absolute Gasteiger partial charge is 0.216 e. The molecule has 0 bridgehead atoms. The van der Waals surface area contributed by atoms with Crippen LogP contribution in [0.15, 0.2) is 54.6 Å². The first-order valence-corrected chi connectivity index (χ1v) is 9.01. The van der Waals surface area contributed by atoms with E-state index in [1.807, 2.05) is 54.6 Å². The fourth-order valence-electron chi connectivity index (χ4n) is 1.86. The Bertz CT molecular complexity index is 657. The minimum absolute atomic E-state index is 0.00593. The van der Waals surface area contributed by atoms with Crippen LogP contribution in [0.25, 0.3) is 0 Å². The van der Waals surface area contributed by atoms with Crippen molar-refractivity contribution in [3.63, 3.8) is 0 Å². The molecule has 2 aromatic carbocycles. The Balaban J connectivity index is 1.98. The second-order valence-electron chi connectivity index (χ2n) is 4.52. The Hall–Kier alpha value is -1.17. The maximum absolute atomic E-state index is 12.0. The maximum Gasteiger partial charge on any atom is 0.216 e. The van der Waals surface area contributed by atoms with Crippen LogP contribution in [-0.2, 0) is 27.7 Å². The molecule has 3 nitrogen and oxygen atoms in total. The Labute approximate surface area is 128 Å². The van der Waals surface area contributed by atoms with Gasteiger partial charge in [0.25, 0.3) is 0 Å². The lowest BCUT2D eigenvalue weighted by molar-refractivity contribution is 0.580. The van der Waals surface area contributed by atoms with Gasteiger partial charge < -0.3 is 0 Å². The number of halogens is 1. The van der Waals surface area contributed by atoms with Crippen LogP contribution in [0.3, 0.4) is 0 Å². The number of hydrogen-bond acceptors (Lipinski definition) is 2. The smallest absolute Gasteiger partial charge is 0.212 e. The van der Waals surface area contributed by atoms with Crippen molar-refractivity contribution >= 4 is 26.0 Å². The summed E-state index contributed by atoms with van der Waals surface area (Å²) in [4.78, 5) is 0. The molecule has 2 aromatic rings. The fraction of sp³-hybridized carbons (Fsp3) is 0.200. The highest BCUT2D eigenvalue weighted by Gasteiger charge is 2.10. The summed E-state index contributed by atoms with van der Waals surface area (Å²) in [5.41, 5.74) is 2.87. The van der Waals surface area contributed by atoms with Crippen molar-refractivity contribution in [1.29, 1.82) is 0 Å². The van der Waals surface area contributed by atoms with Gasteiger partial charge in [-0.15, -0.1) is 0 Å². The molecule has 0 radical (unpaired) electrons. The molecule has 0 aliphatic heterocycles. The van der Waals surface area contributed by atoms with Gasteiger partial charge in [-0.3, -0.25) is 0 Å². The molecule has 0 amide bonds. The normalized spacial score (nSPS) is 11.4. The third-order valence-electron chi connectivity index (χ3n) is 2.84. The molecular formula is C15H16BrNO2S. The zero-order chi connectivity index (χ0) is 14.4. The summed E-state index contributed by atoms with van der Waals surface area (Å²) in [7, 11) is -3.31. The molecule has 1 N–H and O–H groups in total. The molecule has 20 heavy (non-hydrogen) atoms. The molecule has 0 saturated carbocycles. The SMILES string of the molecule is O=S(=O)(Cc1ccccc1)NCc1cccc(CBr)c1. The summed E-state index contributed by atoms with van der Waals surface area (Å²) in [5.74, 6) is 0.00593. The van der Waals surface area contributed by atoms with E-state index in [9.17, 15) is 8.42 Å². The van der Waals surface area contributed by atoms with Crippen LogP contribution in [0.5, 0.6) is 0 Å². The monoisotopic (exact) mass is 353 g/mol. The lowest BCUT2D eigenvalue weighted by Crippen LogP contribution is -2.24. The van der Waals surface area contributed by atoms with Crippen molar-refractivity contribution in [3.8, 4) is 0 Å². The molecule has 0 aromatic heterocycles. The van der Waals surface area contributed by atoms with Gasteiger partial charge in [0.1, 0.15) is 0 Å². The predicted molar refractivity (Wildman–Crippen MR) is 85.0 cm³/mol. The second-order valence-corrected chi connectivity index (χ2v) is 6.89. The van der Waals surface area contributed by atoms with Crippen molar-refractivity contribution in [2.45, 2.75) is 17.6 Å². The zero-order valence-corrected chi connectivity index (χ0v) is 13.3. The van der Waals surface area contributed by atoms with Gasteiger partial charge >= 0.3 is 0 Å². The quantitative estimate of drug-likeness (QED) is 0.810. The van der Waals surface area contributed by atoms with Crippen LogP contribution in [0.4, 0.5) is 0 Å². The number of alkyl halides is 1. The summed E-state index contributed by atoms with van der Waals surface area (Å²) in [6.07, 6.45) is 0. The standard InChI is InChI=1S/C15H16BrNO2S/c16-10-14-7-4-8-15(9-14)11-17-20(18,19)12-13-5-2-1-3-6-13/h1-9,17H,10-12H2. The molecule has 0 atom stereocenters. The summed E-state index contributed by atoms with van der Waals surface area (Å²) >= 11 is 3.39. The third-order valence-corrected chi connectivity index (χ3v) is 4.79. The number of hydrogen-bond donors (Lipinski definition) is 1. The van der Waals surface area contributed by atoms with Crippen LogP contribution in [-0.4, -0.2) is 8.42 Å². The lowest BCUT2D eigenvalue weighted by Gasteiger charge is -2.08. The van der Waals surface area contributed by atoms with Crippen LogP contribution in [0, 0.1) is 0 Å². The van der Waals surface area contributed by atoms with Gasteiger partial charge in [0.2, 0.25) is 10.0 Å². The zero-order valence-electron chi connectivity index (χ0n) is 10.9. The molecule has 0 saturated heterocycles. The minimum Gasteiger partial charge on any atom is -0.212 e. The first-order chi connectivity index (χ1) is 9.59. The predicted octanol–water partition coefficient (Wildman–Crippen LogP) is 3.20. The topological polar surface area (TPSA) is 46.2 Å². The van der Waals surface area contributed by atoms with Crippen LogP contribution in [0.1, 0.15) is 16.7 Å². The van der Waals surface area contributed by atoms with Gasteiger partial charge in [-0.1, -0.05) is 70.5 Å². The van der Waals surface area contributed by atoms with Crippen LogP contribution < -0.4 is 4.72 Å². The molecule has 0 unspecified atom stereocenters. The van der Waals surface area contributed by atoms with Crippen molar-refractivity contribution in [2.75, 3.05) is 0 Å². The van der Waals surface area contributed by atoms with Crippen molar-refractivity contribution in [3.05, 3.63) is 71.3 Å². The number of benzene rings is 2. The summed E-state index contributed by atoms with van der Waals surface area (Å²) in [6.45, 7) is 0.315. The molecule has 0 spiro atoms. The van der Waals surface area contributed by atoms with Gasteiger partial charge in [0.05, 0.1) is 5.75 Å². The van der Waals surface area contributed by atoms with Crippen LogP contribution in [0.2, 0.25) is 0 Å². The molecule has 0 fully saturated rings. The van der Waals surface area contributed by atoms with Gasteiger partial charge in [0, 0.05) is 11.9 Å². The Morgan fingerprint density at radius 1 is 0.900 bits per heavy atom. The first kappa shape index (κ1) is 15.2. The molecule has 0 heterocycles. The summed E-state index contributed by atoms with van der Waals surface area (Å²) in [5, 5.41) is 0.762. The number of sulfonamides is 1. The molecule has 5 heteroatoms. The van der Waals surface area contributed by atoms with Crippen molar-refractivity contribution < 1.29 is 8.42 Å². The highest BCUT2D eigenvalue weighted by molar-refractivity contribution is 9.08. The molecule has 0 aliphatic carbocycles. The Morgan fingerprint density at radius 3 is 2.25 bits per heavy atom. The van der Waals surface area contributed by atoms with Crippen molar-refractivity contribution in [2.24, 2.45) is 0 Å². The molecule has 0 aliphatic rings. The fourth-order valence-corrected chi connectivity index (χ4v) is 3.33. The van der Waals surface area contributed by atoms with Gasteiger partial charge in [-0.05, 0) is 16.7 Å². The number of rotatable bonds is 6. The average Bonchev–Trinajstić information content (AvgIpc) is 2.46. The van der Waals surface area contributed by atoms with Gasteiger partial charge in [-0.2, -0.15) is 0 Å². The van der Waals surface area contributed by atoms with E-state index in [0.29, 0.717) is 6.54 Å². The Morgan fingerprint density at radius 2 is 1.55 bits per heavy atom. The third kappa shape index (κ3) is 4.74. The summed E-state index contributed by atoms with van der Waals surface area (Å²) < 4.78 is 26.6. The van der Waals surface area contributed by atoms with E-state index in [1.165, 1.54) is 0 Å². The first-order valence-electron chi connectivity index (χ1n) is 6.24. The summed E-state index contributed by atoms with van der Waals surface area (Å²) in [6, 6.07) is 17.0. The minimum atomic E-state index is -3.31. The maximum atomic E-state index is 12.0. The van der Waals surface area contributed by atoms with E-state index >= 15 is 0 Å². The second kappa shape index (κ2) is 7.02. The lowest BCUT2D eigenvalue weighted by atomic mass is 10.1. The molecular weight excluding hydrogens is 338 g/mol. The molecule has 106 valence electrons. The van der Waals surface area contributed by atoms with Gasteiger partial charge in [0.15, 0.2) is 0 Å².